The second-order valence-electron chi connectivity index (χ2n) is 4.71. The Balaban J connectivity index is 2.22. The number of carboxylic acids is 1. The molecule has 1 amide bonds. The van der Waals surface area contributed by atoms with E-state index in [4.69, 9.17) is 9.84 Å². The van der Waals surface area contributed by atoms with Crippen LogP contribution in [-0.2, 0) is 9.53 Å². The highest BCUT2D eigenvalue weighted by Crippen LogP contribution is 2.21. The number of carboxylic acid groups (broad SMARTS) is 1. The highest BCUT2D eigenvalue weighted by Gasteiger charge is 2.30. The molecule has 112 valence electrons. The summed E-state index contributed by atoms with van der Waals surface area (Å²) in [4.78, 5) is 34.9. The number of hydrogen-bond acceptors (Lipinski definition) is 5. The molecule has 1 aromatic rings. The van der Waals surface area contributed by atoms with E-state index in [1.54, 1.807) is 6.92 Å². The molecular formula is C13H14N2O6. The molecule has 21 heavy (non-hydrogen) atoms. The molecule has 0 radical (unpaired) electrons. The summed E-state index contributed by atoms with van der Waals surface area (Å²) in [5.74, 6) is -1.57. The number of benzene rings is 1. The molecule has 0 aliphatic carbocycles. The summed E-state index contributed by atoms with van der Waals surface area (Å²) >= 11 is 0. The molecule has 1 heterocycles. The molecule has 1 aliphatic rings. The van der Waals surface area contributed by atoms with Crippen LogP contribution >= 0.6 is 0 Å². The van der Waals surface area contributed by atoms with Crippen molar-refractivity contribution in [3.05, 3.63) is 39.4 Å². The van der Waals surface area contributed by atoms with Crippen molar-refractivity contribution in [2.75, 3.05) is 19.7 Å². The van der Waals surface area contributed by atoms with Gasteiger partial charge in [-0.3, -0.25) is 14.9 Å². The van der Waals surface area contributed by atoms with Gasteiger partial charge in [-0.05, 0) is 13.0 Å². The number of aryl methyl sites for hydroxylation is 1. The smallest absolute Gasteiger partial charge is 0.334 e. The van der Waals surface area contributed by atoms with E-state index in [1.165, 1.54) is 23.1 Å². The average Bonchev–Trinajstić information content (AvgIpc) is 2.46. The van der Waals surface area contributed by atoms with Gasteiger partial charge in [-0.1, -0.05) is 6.07 Å². The Morgan fingerprint density at radius 3 is 2.81 bits per heavy atom. The van der Waals surface area contributed by atoms with Crippen LogP contribution in [-0.4, -0.2) is 52.6 Å². The Morgan fingerprint density at radius 2 is 2.19 bits per heavy atom. The molecule has 1 unspecified atom stereocenters. The first-order valence-electron chi connectivity index (χ1n) is 6.29. The van der Waals surface area contributed by atoms with E-state index < -0.39 is 22.9 Å². The topological polar surface area (TPSA) is 110 Å². The van der Waals surface area contributed by atoms with Crippen molar-refractivity contribution in [3.8, 4) is 0 Å². The van der Waals surface area contributed by atoms with Gasteiger partial charge in [0.1, 0.15) is 0 Å². The van der Waals surface area contributed by atoms with Crippen molar-refractivity contribution < 1.29 is 24.4 Å². The lowest BCUT2D eigenvalue weighted by Crippen LogP contribution is -2.48. The number of carbonyl (C=O) groups excluding carboxylic acids is 1. The van der Waals surface area contributed by atoms with Crippen LogP contribution in [0, 0.1) is 17.0 Å². The maximum atomic E-state index is 12.3. The fraction of sp³-hybridized carbons (Fsp3) is 0.385. The van der Waals surface area contributed by atoms with E-state index in [2.05, 4.69) is 0 Å². The molecule has 0 saturated carbocycles. The van der Waals surface area contributed by atoms with E-state index in [0.717, 1.165) is 0 Å². The van der Waals surface area contributed by atoms with Crippen LogP contribution in [0.15, 0.2) is 18.2 Å². The van der Waals surface area contributed by atoms with Gasteiger partial charge in [0.05, 0.1) is 18.1 Å². The monoisotopic (exact) mass is 294 g/mol. The van der Waals surface area contributed by atoms with Crippen LogP contribution in [0.2, 0.25) is 0 Å². The van der Waals surface area contributed by atoms with Gasteiger partial charge in [0.25, 0.3) is 11.6 Å². The normalized spacial score (nSPS) is 18.3. The SMILES string of the molecule is Cc1ccc(C(=O)N2CCOC(C(=O)O)C2)cc1[N+](=O)[O-]. The summed E-state index contributed by atoms with van der Waals surface area (Å²) in [6.45, 7) is 1.89. The number of nitrogens with zero attached hydrogens (tertiary/aromatic N) is 2. The molecule has 1 aliphatic heterocycles. The molecule has 8 nitrogen and oxygen atoms in total. The largest absolute Gasteiger partial charge is 0.479 e. The Hall–Kier alpha value is -2.48. The highest BCUT2D eigenvalue weighted by molar-refractivity contribution is 5.95. The summed E-state index contributed by atoms with van der Waals surface area (Å²) < 4.78 is 5.04. The maximum absolute atomic E-state index is 12.3. The van der Waals surface area contributed by atoms with E-state index >= 15 is 0 Å². The zero-order chi connectivity index (χ0) is 15.6. The fourth-order valence-electron chi connectivity index (χ4n) is 2.10. The zero-order valence-electron chi connectivity index (χ0n) is 11.3. The number of morpholine rings is 1. The highest BCUT2D eigenvalue weighted by atomic mass is 16.6. The lowest BCUT2D eigenvalue weighted by molar-refractivity contribution is -0.385. The predicted octanol–water partition coefficient (Wildman–Crippen LogP) is 0.829. The van der Waals surface area contributed by atoms with Crippen molar-refractivity contribution >= 4 is 17.6 Å². The zero-order valence-corrected chi connectivity index (χ0v) is 11.3. The maximum Gasteiger partial charge on any atom is 0.334 e. The van der Waals surface area contributed by atoms with Gasteiger partial charge >= 0.3 is 5.97 Å². The predicted molar refractivity (Wildman–Crippen MR) is 71.1 cm³/mol. The Labute approximate surface area is 120 Å². The van der Waals surface area contributed by atoms with Gasteiger partial charge in [-0.2, -0.15) is 0 Å². The lowest BCUT2D eigenvalue weighted by Gasteiger charge is -2.30. The van der Waals surface area contributed by atoms with Gasteiger partial charge in [0.2, 0.25) is 0 Å². The second kappa shape index (κ2) is 5.88. The summed E-state index contributed by atoms with van der Waals surface area (Å²) in [5.41, 5.74) is 0.490. The molecule has 1 aromatic carbocycles. The van der Waals surface area contributed by atoms with E-state index in [-0.39, 0.29) is 30.9 Å². The molecular weight excluding hydrogens is 280 g/mol. The number of amides is 1. The first-order chi connectivity index (χ1) is 9.90. The summed E-state index contributed by atoms with van der Waals surface area (Å²) in [5, 5.41) is 19.8. The summed E-state index contributed by atoms with van der Waals surface area (Å²) in [6.07, 6.45) is -1.07. The van der Waals surface area contributed by atoms with Crippen LogP contribution in [0.25, 0.3) is 0 Å². The Bertz CT molecular complexity index is 600. The molecule has 0 aromatic heterocycles. The number of ether oxygens (including phenoxy) is 1. The molecule has 0 bridgehead atoms. The van der Waals surface area contributed by atoms with Crippen molar-refractivity contribution in [2.45, 2.75) is 13.0 Å². The van der Waals surface area contributed by atoms with Gasteiger partial charge in [-0.15, -0.1) is 0 Å². The average molecular weight is 294 g/mol. The first kappa shape index (κ1) is 14.9. The van der Waals surface area contributed by atoms with Crippen molar-refractivity contribution in [1.82, 2.24) is 4.90 Å². The lowest BCUT2D eigenvalue weighted by atomic mass is 10.1. The number of nitro benzene ring substituents is 1. The van der Waals surface area contributed by atoms with Crippen molar-refractivity contribution in [2.24, 2.45) is 0 Å². The van der Waals surface area contributed by atoms with Gasteiger partial charge in [-0.25, -0.2) is 4.79 Å². The number of hydrogen-bond donors (Lipinski definition) is 1. The third-order valence-electron chi connectivity index (χ3n) is 3.28. The minimum absolute atomic E-state index is 0.0736. The molecule has 8 heteroatoms. The number of carbonyl (C=O) groups is 2. The van der Waals surface area contributed by atoms with E-state index in [1.807, 2.05) is 0 Å². The second-order valence-corrected chi connectivity index (χ2v) is 4.71. The number of nitro groups is 1. The molecule has 1 N–H and O–H groups in total. The minimum Gasteiger partial charge on any atom is -0.479 e. The standard InChI is InChI=1S/C13H14N2O6/c1-8-2-3-9(6-10(8)15(19)20)12(16)14-4-5-21-11(7-14)13(17)18/h2-3,6,11H,4-5,7H2,1H3,(H,17,18). The quantitative estimate of drug-likeness (QED) is 0.653. The molecule has 2 rings (SSSR count). The van der Waals surface area contributed by atoms with E-state index in [9.17, 15) is 19.7 Å². The van der Waals surface area contributed by atoms with Crippen LogP contribution in [0.4, 0.5) is 5.69 Å². The van der Waals surface area contributed by atoms with Gasteiger partial charge in [0.15, 0.2) is 6.10 Å². The first-order valence-corrected chi connectivity index (χ1v) is 6.29. The Kier molecular flexibility index (Phi) is 4.18. The number of rotatable bonds is 3. The van der Waals surface area contributed by atoms with Crippen molar-refractivity contribution in [3.63, 3.8) is 0 Å². The van der Waals surface area contributed by atoms with Gasteiger partial charge in [0, 0.05) is 23.7 Å². The van der Waals surface area contributed by atoms with Crippen LogP contribution in [0.5, 0.6) is 0 Å². The molecule has 1 fully saturated rings. The van der Waals surface area contributed by atoms with Crippen LogP contribution in [0.1, 0.15) is 15.9 Å². The Morgan fingerprint density at radius 1 is 1.48 bits per heavy atom. The summed E-state index contributed by atoms with van der Waals surface area (Å²) in [6, 6.07) is 4.21. The molecule has 1 atom stereocenters. The van der Waals surface area contributed by atoms with Crippen molar-refractivity contribution in [1.29, 1.82) is 0 Å². The fourth-order valence-corrected chi connectivity index (χ4v) is 2.10. The minimum atomic E-state index is -1.14. The number of aliphatic carboxylic acids is 1. The molecule has 1 saturated heterocycles. The van der Waals surface area contributed by atoms with Gasteiger partial charge < -0.3 is 14.7 Å². The van der Waals surface area contributed by atoms with Crippen LogP contribution in [0.3, 0.4) is 0 Å². The third kappa shape index (κ3) is 3.16. The summed E-state index contributed by atoms with van der Waals surface area (Å²) in [7, 11) is 0. The molecule has 0 spiro atoms. The van der Waals surface area contributed by atoms with E-state index in [0.29, 0.717) is 5.56 Å². The third-order valence-corrected chi connectivity index (χ3v) is 3.28. The van der Waals surface area contributed by atoms with Crippen LogP contribution < -0.4 is 0 Å².